The van der Waals surface area contributed by atoms with Gasteiger partial charge in [0.15, 0.2) is 0 Å². The highest BCUT2D eigenvalue weighted by Gasteiger charge is 2.07. The molecule has 0 aliphatic heterocycles. The predicted molar refractivity (Wildman–Crippen MR) is 71.5 cm³/mol. The third-order valence-electron chi connectivity index (χ3n) is 2.49. The van der Waals surface area contributed by atoms with Gasteiger partial charge in [0, 0.05) is 5.56 Å². The lowest BCUT2D eigenvalue weighted by Gasteiger charge is -2.07. The standard InChI is InChI=1S/C12H13N5O3/c1-7-10(18)13-12(16-14-7)17-15-11(19)8-4-3-5-9(6-8)20-2/h3-6H,1-2H3,(H,15,19)(H2,13,16,17,18). The summed E-state index contributed by atoms with van der Waals surface area (Å²) >= 11 is 0. The largest absolute Gasteiger partial charge is 0.497 e. The average Bonchev–Trinajstić information content (AvgIpc) is 2.48. The van der Waals surface area contributed by atoms with E-state index in [-0.39, 0.29) is 17.2 Å². The number of H-pyrrole nitrogens is 1. The number of nitrogens with one attached hydrogen (secondary N) is 3. The molecule has 0 unspecified atom stereocenters. The molecule has 0 aliphatic carbocycles. The average molecular weight is 275 g/mol. The SMILES string of the molecule is COc1cccc(C(=O)NNc2nnc(C)c(=O)[nH]2)c1. The van der Waals surface area contributed by atoms with Crippen LogP contribution in [0.4, 0.5) is 5.95 Å². The molecular weight excluding hydrogens is 262 g/mol. The quantitative estimate of drug-likeness (QED) is 0.690. The van der Waals surface area contributed by atoms with E-state index < -0.39 is 5.91 Å². The molecule has 8 nitrogen and oxygen atoms in total. The minimum absolute atomic E-state index is 0.0526. The maximum Gasteiger partial charge on any atom is 0.274 e. The van der Waals surface area contributed by atoms with E-state index in [1.165, 1.54) is 14.0 Å². The molecule has 0 radical (unpaired) electrons. The normalized spacial score (nSPS) is 9.90. The van der Waals surface area contributed by atoms with Crippen molar-refractivity contribution in [1.82, 2.24) is 20.6 Å². The number of nitrogens with zero attached hydrogens (tertiary/aromatic N) is 2. The van der Waals surface area contributed by atoms with E-state index in [4.69, 9.17) is 4.74 Å². The highest BCUT2D eigenvalue weighted by Crippen LogP contribution is 2.12. The van der Waals surface area contributed by atoms with E-state index in [2.05, 4.69) is 26.0 Å². The number of ether oxygens (including phenoxy) is 1. The Labute approximate surface area is 114 Å². The molecule has 0 saturated carbocycles. The molecule has 0 saturated heterocycles. The summed E-state index contributed by atoms with van der Waals surface area (Å²) in [5, 5.41) is 7.31. The Balaban J connectivity index is 2.04. The molecule has 0 aliphatic rings. The number of aromatic amines is 1. The fourth-order valence-corrected chi connectivity index (χ4v) is 1.40. The van der Waals surface area contributed by atoms with Gasteiger partial charge in [-0.15, -0.1) is 10.2 Å². The Bertz CT molecular complexity index is 683. The molecule has 1 aromatic heterocycles. The van der Waals surface area contributed by atoms with Gasteiger partial charge in [0.25, 0.3) is 11.5 Å². The topological polar surface area (TPSA) is 109 Å². The van der Waals surface area contributed by atoms with Crippen LogP contribution in [0.25, 0.3) is 0 Å². The van der Waals surface area contributed by atoms with E-state index in [0.29, 0.717) is 11.3 Å². The molecule has 1 amide bonds. The lowest BCUT2D eigenvalue weighted by molar-refractivity contribution is 0.0962. The van der Waals surface area contributed by atoms with Crippen molar-refractivity contribution < 1.29 is 9.53 Å². The Hall–Kier alpha value is -2.90. The molecule has 104 valence electrons. The summed E-state index contributed by atoms with van der Waals surface area (Å²) in [4.78, 5) is 25.6. The smallest absolute Gasteiger partial charge is 0.274 e. The van der Waals surface area contributed by atoms with Gasteiger partial charge >= 0.3 is 0 Å². The van der Waals surface area contributed by atoms with Crippen LogP contribution in [0.2, 0.25) is 0 Å². The first-order valence-corrected chi connectivity index (χ1v) is 5.74. The summed E-state index contributed by atoms with van der Waals surface area (Å²) in [6.07, 6.45) is 0. The zero-order valence-electron chi connectivity index (χ0n) is 10.9. The van der Waals surface area contributed by atoms with Crippen LogP contribution in [-0.4, -0.2) is 28.2 Å². The molecule has 0 bridgehead atoms. The summed E-state index contributed by atoms with van der Waals surface area (Å²) in [5.74, 6) is 0.227. The Morgan fingerprint density at radius 3 is 2.85 bits per heavy atom. The molecule has 0 atom stereocenters. The lowest BCUT2D eigenvalue weighted by atomic mass is 10.2. The van der Waals surface area contributed by atoms with Crippen LogP contribution in [-0.2, 0) is 0 Å². The first-order chi connectivity index (χ1) is 9.60. The number of aryl methyl sites for hydroxylation is 1. The van der Waals surface area contributed by atoms with Gasteiger partial charge in [-0.25, -0.2) is 0 Å². The maximum atomic E-state index is 11.9. The van der Waals surface area contributed by atoms with E-state index in [1.807, 2.05) is 0 Å². The summed E-state index contributed by atoms with van der Waals surface area (Å²) in [5.41, 5.74) is 5.15. The molecule has 0 fully saturated rings. The van der Waals surface area contributed by atoms with Crippen LogP contribution >= 0.6 is 0 Å². The van der Waals surface area contributed by atoms with Crippen molar-refractivity contribution in [3.63, 3.8) is 0 Å². The number of methoxy groups -OCH3 is 1. The molecule has 3 N–H and O–H groups in total. The van der Waals surface area contributed by atoms with Crippen molar-refractivity contribution in [2.24, 2.45) is 0 Å². The lowest BCUT2D eigenvalue weighted by Crippen LogP contribution is -2.31. The molecule has 20 heavy (non-hydrogen) atoms. The van der Waals surface area contributed by atoms with E-state index >= 15 is 0 Å². The van der Waals surface area contributed by atoms with Crippen molar-refractivity contribution in [2.45, 2.75) is 6.92 Å². The Morgan fingerprint density at radius 1 is 1.35 bits per heavy atom. The van der Waals surface area contributed by atoms with Crippen molar-refractivity contribution in [1.29, 1.82) is 0 Å². The molecule has 1 heterocycles. The van der Waals surface area contributed by atoms with Crippen LogP contribution in [0.1, 0.15) is 16.1 Å². The Kier molecular flexibility index (Phi) is 3.94. The van der Waals surface area contributed by atoms with E-state index in [1.54, 1.807) is 24.3 Å². The van der Waals surface area contributed by atoms with Crippen molar-refractivity contribution in [3.05, 3.63) is 45.9 Å². The van der Waals surface area contributed by atoms with Crippen molar-refractivity contribution in [3.8, 4) is 5.75 Å². The first-order valence-electron chi connectivity index (χ1n) is 5.74. The minimum atomic E-state index is -0.396. The van der Waals surface area contributed by atoms with Crippen LogP contribution in [0, 0.1) is 6.92 Å². The molecule has 2 aromatic rings. The number of aromatic nitrogens is 3. The second kappa shape index (κ2) is 5.83. The number of hydrazine groups is 1. The van der Waals surface area contributed by atoms with Gasteiger partial charge in [-0.1, -0.05) is 6.07 Å². The second-order valence-electron chi connectivity index (χ2n) is 3.90. The summed E-state index contributed by atoms with van der Waals surface area (Å²) < 4.78 is 5.03. The predicted octanol–water partition coefficient (Wildman–Crippen LogP) is 0.239. The zero-order valence-corrected chi connectivity index (χ0v) is 10.9. The van der Waals surface area contributed by atoms with Gasteiger partial charge in [0.1, 0.15) is 11.4 Å². The van der Waals surface area contributed by atoms with Gasteiger partial charge in [-0.2, -0.15) is 0 Å². The summed E-state index contributed by atoms with van der Waals surface area (Å²) in [6, 6.07) is 6.64. The van der Waals surface area contributed by atoms with Crippen LogP contribution in [0.15, 0.2) is 29.1 Å². The number of carbonyl (C=O) groups excluding carboxylic acids is 1. The number of hydrogen-bond acceptors (Lipinski definition) is 6. The zero-order chi connectivity index (χ0) is 14.5. The first kappa shape index (κ1) is 13.5. The highest BCUT2D eigenvalue weighted by molar-refractivity contribution is 5.95. The molecular formula is C12H13N5O3. The number of benzene rings is 1. The number of hydrogen-bond donors (Lipinski definition) is 3. The molecule has 0 spiro atoms. The van der Waals surface area contributed by atoms with Gasteiger partial charge < -0.3 is 4.74 Å². The van der Waals surface area contributed by atoms with Crippen LogP contribution < -0.4 is 21.1 Å². The molecule has 1 aromatic carbocycles. The van der Waals surface area contributed by atoms with Crippen molar-refractivity contribution >= 4 is 11.9 Å². The second-order valence-corrected chi connectivity index (χ2v) is 3.90. The van der Waals surface area contributed by atoms with Gasteiger partial charge in [0.05, 0.1) is 7.11 Å². The number of carbonyl (C=O) groups is 1. The van der Waals surface area contributed by atoms with Gasteiger partial charge in [-0.3, -0.25) is 25.4 Å². The number of anilines is 1. The number of rotatable bonds is 4. The highest BCUT2D eigenvalue weighted by atomic mass is 16.5. The summed E-state index contributed by atoms with van der Waals surface area (Å²) in [7, 11) is 1.52. The maximum absolute atomic E-state index is 11.9. The summed E-state index contributed by atoms with van der Waals surface area (Å²) in [6.45, 7) is 1.53. The minimum Gasteiger partial charge on any atom is -0.497 e. The third-order valence-corrected chi connectivity index (χ3v) is 2.49. The number of amides is 1. The molecule has 8 heteroatoms. The van der Waals surface area contributed by atoms with Crippen LogP contribution in [0.3, 0.4) is 0 Å². The van der Waals surface area contributed by atoms with E-state index in [0.717, 1.165) is 0 Å². The van der Waals surface area contributed by atoms with Gasteiger partial charge in [-0.05, 0) is 25.1 Å². The van der Waals surface area contributed by atoms with Gasteiger partial charge in [0.2, 0.25) is 5.95 Å². The van der Waals surface area contributed by atoms with E-state index in [9.17, 15) is 9.59 Å². The van der Waals surface area contributed by atoms with Crippen LogP contribution in [0.5, 0.6) is 5.75 Å². The Morgan fingerprint density at radius 2 is 2.15 bits per heavy atom. The van der Waals surface area contributed by atoms with Crippen molar-refractivity contribution in [2.75, 3.05) is 12.5 Å². The fourth-order valence-electron chi connectivity index (χ4n) is 1.40. The monoisotopic (exact) mass is 275 g/mol. The third kappa shape index (κ3) is 3.10. The fraction of sp³-hybridized carbons (Fsp3) is 0.167. The molecule has 2 rings (SSSR count).